The van der Waals surface area contributed by atoms with Crippen molar-refractivity contribution < 1.29 is 9.59 Å². The quantitative estimate of drug-likeness (QED) is 0.328. The van der Waals surface area contributed by atoms with Crippen molar-refractivity contribution in [2.75, 3.05) is 10.6 Å². The third kappa shape index (κ3) is 6.73. The number of aromatic nitrogens is 3. The molecule has 1 aromatic heterocycles. The number of nitrogens with one attached hydrogen (secondary N) is 2. The second kappa shape index (κ2) is 11.5. The number of carbonyl (C=O) groups is 2. The molecule has 0 spiro atoms. The molecule has 0 aliphatic carbocycles. The van der Waals surface area contributed by atoms with Crippen molar-refractivity contribution in [3.05, 3.63) is 73.1 Å². The Kier molecular flexibility index (Phi) is 8.52. The van der Waals surface area contributed by atoms with E-state index in [0.29, 0.717) is 28.8 Å². The van der Waals surface area contributed by atoms with Crippen molar-refractivity contribution >= 4 is 46.7 Å². The molecule has 3 rings (SSSR count). The molecule has 2 aromatic carbocycles. The van der Waals surface area contributed by atoms with E-state index in [1.165, 1.54) is 18.7 Å². The van der Waals surface area contributed by atoms with Crippen LogP contribution < -0.4 is 10.6 Å². The van der Waals surface area contributed by atoms with Crippen molar-refractivity contribution in [1.29, 1.82) is 0 Å². The summed E-state index contributed by atoms with van der Waals surface area (Å²) in [5, 5.41) is 14.5. The Morgan fingerprint density at radius 3 is 2.34 bits per heavy atom. The normalized spacial score (nSPS) is 11.6. The largest absolute Gasteiger partial charge is 0.326 e. The van der Waals surface area contributed by atoms with Crippen LogP contribution in [-0.4, -0.2) is 31.8 Å². The Balaban J connectivity index is 1.62. The van der Waals surface area contributed by atoms with Crippen molar-refractivity contribution in [1.82, 2.24) is 14.8 Å². The molecule has 0 aliphatic heterocycles. The van der Waals surface area contributed by atoms with Crippen molar-refractivity contribution in [2.45, 2.75) is 41.4 Å². The first kappa shape index (κ1) is 23.6. The Hall–Kier alpha value is -3.04. The van der Waals surface area contributed by atoms with Crippen LogP contribution in [0.5, 0.6) is 0 Å². The standard InChI is InChI=1S/C23H25N5O2S2/c1-4-14-28-21(15-31-20-8-6-5-7-9-20)26-27-23(28)32-16(2)22(30)25-19-12-10-18(11-13-19)24-17(3)29/h4-13,16H,1,14-15H2,2-3H3,(H,24,29)(H,25,30). The Morgan fingerprint density at radius 1 is 1.06 bits per heavy atom. The molecule has 0 radical (unpaired) electrons. The van der Waals surface area contributed by atoms with E-state index in [0.717, 1.165) is 10.7 Å². The number of benzene rings is 2. The summed E-state index contributed by atoms with van der Waals surface area (Å²) in [7, 11) is 0. The van der Waals surface area contributed by atoms with Crippen LogP contribution in [-0.2, 0) is 21.9 Å². The van der Waals surface area contributed by atoms with E-state index in [2.05, 4.69) is 39.5 Å². The molecular weight excluding hydrogens is 442 g/mol. The summed E-state index contributed by atoms with van der Waals surface area (Å²) in [6.45, 7) is 7.68. The summed E-state index contributed by atoms with van der Waals surface area (Å²) in [5.74, 6) is 1.22. The molecule has 0 bridgehead atoms. The fourth-order valence-corrected chi connectivity index (χ4v) is 4.52. The minimum atomic E-state index is -0.382. The smallest absolute Gasteiger partial charge is 0.237 e. The Bertz CT molecular complexity index is 1070. The third-order valence-corrected chi connectivity index (χ3v) is 6.43. The molecule has 166 valence electrons. The SMILES string of the molecule is C=CCn1c(CSc2ccccc2)nnc1SC(C)C(=O)Nc1ccc(NC(C)=O)cc1. The first-order chi connectivity index (χ1) is 15.5. The summed E-state index contributed by atoms with van der Waals surface area (Å²) in [6, 6.07) is 17.1. The highest BCUT2D eigenvalue weighted by Gasteiger charge is 2.20. The van der Waals surface area contributed by atoms with E-state index in [4.69, 9.17) is 0 Å². The molecule has 7 nitrogen and oxygen atoms in total. The van der Waals surface area contributed by atoms with Gasteiger partial charge in [0.25, 0.3) is 0 Å². The molecule has 1 heterocycles. The summed E-state index contributed by atoms with van der Waals surface area (Å²) in [4.78, 5) is 25.0. The van der Waals surface area contributed by atoms with Crippen LogP contribution in [0.4, 0.5) is 11.4 Å². The van der Waals surface area contributed by atoms with Crippen LogP contribution in [0.3, 0.4) is 0 Å². The predicted molar refractivity (Wildman–Crippen MR) is 131 cm³/mol. The summed E-state index contributed by atoms with van der Waals surface area (Å²) < 4.78 is 1.99. The van der Waals surface area contributed by atoms with Gasteiger partial charge < -0.3 is 15.2 Å². The molecular formula is C23H25N5O2S2. The van der Waals surface area contributed by atoms with Gasteiger partial charge in [0.1, 0.15) is 5.82 Å². The van der Waals surface area contributed by atoms with Crippen LogP contribution in [0.1, 0.15) is 19.7 Å². The highest BCUT2D eigenvalue weighted by molar-refractivity contribution is 8.00. The maximum absolute atomic E-state index is 12.7. The van der Waals surface area contributed by atoms with Gasteiger partial charge in [-0.05, 0) is 43.3 Å². The lowest BCUT2D eigenvalue weighted by Crippen LogP contribution is -2.23. The van der Waals surface area contributed by atoms with E-state index in [1.54, 1.807) is 42.1 Å². The van der Waals surface area contributed by atoms with Crippen LogP contribution in [0, 0.1) is 0 Å². The zero-order chi connectivity index (χ0) is 22.9. The van der Waals surface area contributed by atoms with E-state index >= 15 is 0 Å². The van der Waals surface area contributed by atoms with Crippen LogP contribution >= 0.6 is 23.5 Å². The summed E-state index contributed by atoms with van der Waals surface area (Å²) in [5.41, 5.74) is 1.33. The number of allylic oxidation sites excluding steroid dienone is 1. The van der Waals surface area contributed by atoms with Crippen LogP contribution in [0.2, 0.25) is 0 Å². The zero-order valence-electron chi connectivity index (χ0n) is 17.9. The number of nitrogens with zero attached hydrogens (tertiary/aromatic N) is 3. The first-order valence-corrected chi connectivity index (χ1v) is 11.9. The monoisotopic (exact) mass is 467 g/mol. The minimum Gasteiger partial charge on any atom is -0.326 e. The molecule has 0 fully saturated rings. The highest BCUT2D eigenvalue weighted by Crippen LogP contribution is 2.27. The molecule has 1 unspecified atom stereocenters. The number of hydrogen-bond acceptors (Lipinski definition) is 6. The average molecular weight is 468 g/mol. The van der Waals surface area contributed by atoms with Crippen LogP contribution in [0.25, 0.3) is 0 Å². The number of amides is 2. The molecule has 0 saturated carbocycles. The summed E-state index contributed by atoms with van der Waals surface area (Å²) >= 11 is 3.04. The van der Waals surface area contributed by atoms with Gasteiger partial charge in [-0.1, -0.05) is 36.0 Å². The third-order valence-electron chi connectivity index (χ3n) is 4.34. The van der Waals surface area contributed by atoms with E-state index in [1.807, 2.05) is 29.7 Å². The molecule has 0 aliphatic rings. The van der Waals surface area contributed by atoms with E-state index < -0.39 is 0 Å². The number of carbonyl (C=O) groups excluding carboxylic acids is 2. The second-order valence-electron chi connectivity index (χ2n) is 6.91. The van der Waals surface area contributed by atoms with Crippen molar-refractivity contribution in [3.8, 4) is 0 Å². The van der Waals surface area contributed by atoms with Gasteiger partial charge in [0.2, 0.25) is 11.8 Å². The lowest BCUT2D eigenvalue weighted by Gasteiger charge is -2.13. The zero-order valence-corrected chi connectivity index (χ0v) is 19.6. The topological polar surface area (TPSA) is 88.9 Å². The van der Waals surface area contributed by atoms with Crippen molar-refractivity contribution in [2.24, 2.45) is 0 Å². The van der Waals surface area contributed by atoms with E-state index in [-0.39, 0.29) is 17.1 Å². The van der Waals surface area contributed by atoms with Gasteiger partial charge >= 0.3 is 0 Å². The van der Waals surface area contributed by atoms with Gasteiger partial charge in [-0.2, -0.15) is 0 Å². The molecule has 1 atom stereocenters. The molecule has 2 amide bonds. The molecule has 32 heavy (non-hydrogen) atoms. The molecule has 3 aromatic rings. The van der Waals surface area contributed by atoms with Crippen molar-refractivity contribution in [3.63, 3.8) is 0 Å². The highest BCUT2D eigenvalue weighted by atomic mass is 32.2. The average Bonchev–Trinajstić information content (AvgIpc) is 3.15. The molecule has 9 heteroatoms. The Labute approximate surface area is 196 Å². The lowest BCUT2D eigenvalue weighted by molar-refractivity contribution is -0.115. The molecule has 0 saturated heterocycles. The van der Waals surface area contributed by atoms with Gasteiger partial charge in [0.15, 0.2) is 5.16 Å². The number of thioether (sulfide) groups is 2. The van der Waals surface area contributed by atoms with Gasteiger partial charge in [-0.15, -0.1) is 28.5 Å². The lowest BCUT2D eigenvalue weighted by atomic mass is 10.2. The second-order valence-corrected chi connectivity index (χ2v) is 9.26. The predicted octanol–water partition coefficient (Wildman–Crippen LogP) is 4.83. The minimum absolute atomic E-state index is 0.142. The molecule has 2 N–H and O–H groups in total. The fraction of sp³-hybridized carbons (Fsp3) is 0.217. The fourth-order valence-electron chi connectivity index (χ4n) is 2.79. The number of anilines is 2. The van der Waals surface area contributed by atoms with Gasteiger partial charge in [-0.25, -0.2) is 0 Å². The maximum atomic E-state index is 12.7. The first-order valence-electron chi connectivity index (χ1n) is 10.0. The number of hydrogen-bond donors (Lipinski definition) is 2. The van der Waals surface area contributed by atoms with Crippen LogP contribution in [0.15, 0.2) is 77.3 Å². The van der Waals surface area contributed by atoms with Gasteiger partial charge in [0, 0.05) is 29.7 Å². The van der Waals surface area contributed by atoms with Gasteiger partial charge in [0.05, 0.1) is 11.0 Å². The number of rotatable bonds is 10. The van der Waals surface area contributed by atoms with Gasteiger partial charge in [-0.3, -0.25) is 9.59 Å². The summed E-state index contributed by atoms with van der Waals surface area (Å²) in [6.07, 6.45) is 1.80. The maximum Gasteiger partial charge on any atom is 0.237 e. The Morgan fingerprint density at radius 2 is 1.72 bits per heavy atom. The van der Waals surface area contributed by atoms with E-state index in [9.17, 15) is 9.59 Å².